The van der Waals surface area contributed by atoms with E-state index in [0.29, 0.717) is 11.6 Å². The van der Waals surface area contributed by atoms with Crippen LogP contribution in [0, 0.1) is 6.92 Å². The van der Waals surface area contributed by atoms with Gasteiger partial charge in [0.05, 0.1) is 7.11 Å². The number of anilines is 3. The molecule has 0 fully saturated rings. The molecule has 0 saturated heterocycles. The van der Waals surface area contributed by atoms with Crippen LogP contribution in [-0.4, -0.2) is 24.1 Å². The van der Waals surface area contributed by atoms with Gasteiger partial charge in [0, 0.05) is 18.8 Å². The lowest BCUT2D eigenvalue weighted by Crippen LogP contribution is -2.12. The van der Waals surface area contributed by atoms with Crippen LogP contribution in [0.3, 0.4) is 0 Å². The van der Waals surface area contributed by atoms with Crippen molar-refractivity contribution in [2.45, 2.75) is 6.92 Å². The molecule has 0 atom stereocenters. The molecule has 0 unspecified atom stereocenters. The van der Waals surface area contributed by atoms with Gasteiger partial charge in [-0.05, 0) is 31.2 Å². The maximum absolute atomic E-state index is 5.72. The summed E-state index contributed by atoms with van der Waals surface area (Å²) in [5.74, 6) is 2.72. The minimum Gasteiger partial charge on any atom is -0.497 e. The van der Waals surface area contributed by atoms with Crippen LogP contribution >= 0.6 is 0 Å². The van der Waals surface area contributed by atoms with Gasteiger partial charge in [-0.2, -0.15) is 0 Å². The Balaban J connectivity index is 2.31. The zero-order valence-corrected chi connectivity index (χ0v) is 10.7. The first-order valence-corrected chi connectivity index (χ1v) is 5.59. The molecule has 1 aromatic heterocycles. The van der Waals surface area contributed by atoms with E-state index in [9.17, 15) is 0 Å². The second-order valence-electron chi connectivity index (χ2n) is 3.96. The lowest BCUT2D eigenvalue weighted by atomic mass is 10.3. The van der Waals surface area contributed by atoms with Crippen molar-refractivity contribution in [2.75, 3.05) is 24.8 Å². The summed E-state index contributed by atoms with van der Waals surface area (Å²) in [4.78, 5) is 10.4. The molecule has 0 bridgehead atoms. The zero-order valence-electron chi connectivity index (χ0n) is 10.7. The normalized spacial score (nSPS) is 10.2. The van der Waals surface area contributed by atoms with Crippen LogP contribution < -0.4 is 15.4 Å². The van der Waals surface area contributed by atoms with Crippen molar-refractivity contribution in [1.29, 1.82) is 0 Å². The molecule has 0 radical (unpaired) electrons. The average molecular weight is 244 g/mol. The molecule has 18 heavy (non-hydrogen) atoms. The van der Waals surface area contributed by atoms with E-state index in [-0.39, 0.29) is 0 Å². The summed E-state index contributed by atoms with van der Waals surface area (Å²) in [5, 5.41) is 0. The first-order chi connectivity index (χ1) is 8.60. The van der Waals surface area contributed by atoms with Gasteiger partial charge in [-0.3, -0.25) is 0 Å². The lowest BCUT2D eigenvalue weighted by Gasteiger charge is -2.19. The van der Waals surface area contributed by atoms with Crippen molar-refractivity contribution in [1.82, 2.24) is 9.97 Å². The molecule has 0 aliphatic rings. The van der Waals surface area contributed by atoms with Gasteiger partial charge in [-0.15, -0.1) is 0 Å². The minimum absolute atomic E-state index is 0.470. The van der Waals surface area contributed by atoms with Crippen molar-refractivity contribution >= 4 is 17.3 Å². The van der Waals surface area contributed by atoms with Gasteiger partial charge in [-0.1, -0.05) is 0 Å². The topological polar surface area (TPSA) is 64.3 Å². The van der Waals surface area contributed by atoms with Crippen molar-refractivity contribution in [3.8, 4) is 5.75 Å². The largest absolute Gasteiger partial charge is 0.497 e. The number of aryl methyl sites for hydroxylation is 1. The molecule has 94 valence electrons. The highest BCUT2D eigenvalue weighted by atomic mass is 16.5. The Bertz CT molecular complexity index is 519. The molecule has 2 rings (SSSR count). The maximum Gasteiger partial charge on any atom is 0.138 e. The van der Waals surface area contributed by atoms with E-state index in [1.54, 1.807) is 13.2 Å². The van der Waals surface area contributed by atoms with Crippen molar-refractivity contribution in [2.24, 2.45) is 0 Å². The van der Waals surface area contributed by atoms with Crippen LogP contribution in [-0.2, 0) is 0 Å². The molecule has 0 spiro atoms. The molecular weight excluding hydrogens is 228 g/mol. The molecule has 0 aliphatic heterocycles. The van der Waals surface area contributed by atoms with Crippen LogP contribution in [0.2, 0.25) is 0 Å². The Kier molecular flexibility index (Phi) is 3.32. The molecule has 5 nitrogen and oxygen atoms in total. The number of aromatic nitrogens is 2. The van der Waals surface area contributed by atoms with E-state index < -0.39 is 0 Å². The van der Waals surface area contributed by atoms with Gasteiger partial charge < -0.3 is 15.4 Å². The van der Waals surface area contributed by atoms with E-state index in [4.69, 9.17) is 10.5 Å². The Labute approximate surface area is 106 Å². The Morgan fingerprint density at radius 2 is 1.83 bits per heavy atom. The van der Waals surface area contributed by atoms with Crippen LogP contribution in [0.4, 0.5) is 17.3 Å². The first-order valence-electron chi connectivity index (χ1n) is 5.59. The summed E-state index contributed by atoms with van der Waals surface area (Å²) in [6, 6.07) is 9.49. The summed E-state index contributed by atoms with van der Waals surface area (Å²) in [6.07, 6.45) is 0. The van der Waals surface area contributed by atoms with E-state index in [2.05, 4.69) is 9.97 Å². The van der Waals surface area contributed by atoms with Crippen LogP contribution in [0.1, 0.15) is 5.82 Å². The summed E-state index contributed by atoms with van der Waals surface area (Å²) in [7, 11) is 3.58. The molecule has 1 aromatic carbocycles. The molecule has 2 N–H and O–H groups in total. The molecule has 0 aliphatic carbocycles. The number of benzene rings is 1. The molecule has 5 heteroatoms. The smallest absolute Gasteiger partial charge is 0.138 e. The van der Waals surface area contributed by atoms with Gasteiger partial charge in [0.1, 0.15) is 23.2 Å². The Morgan fingerprint density at radius 1 is 1.17 bits per heavy atom. The number of hydrogen-bond acceptors (Lipinski definition) is 5. The van der Waals surface area contributed by atoms with Crippen LogP contribution in [0.25, 0.3) is 0 Å². The molecule has 1 heterocycles. The van der Waals surface area contributed by atoms with Crippen LogP contribution in [0.5, 0.6) is 5.75 Å². The predicted molar refractivity (Wildman–Crippen MR) is 72.2 cm³/mol. The van der Waals surface area contributed by atoms with Gasteiger partial charge in [0.15, 0.2) is 0 Å². The maximum atomic E-state index is 5.72. The van der Waals surface area contributed by atoms with Gasteiger partial charge in [-0.25, -0.2) is 9.97 Å². The fraction of sp³-hybridized carbons (Fsp3) is 0.231. The van der Waals surface area contributed by atoms with E-state index >= 15 is 0 Å². The van der Waals surface area contributed by atoms with E-state index in [1.807, 2.05) is 43.1 Å². The SMILES string of the molecule is COc1ccc(N(C)c2cc(N)nc(C)n2)cc1. The van der Waals surface area contributed by atoms with Gasteiger partial charge in [0.2, 0.25) is 0 Å². The van der Waals surface area contributed by atoms with Gasteiger partial charge in [0.25, 0.3) is 0 Å². The number of rotatable bonds is 3. The van der Waals surface area contributed by atoms with Crippen LogP contribution in [0.15, 0.2) is 30.3 Å². The quantitative estimate of drug-likeness (QED) is 0.896. The van der Waals surface area contributed by atoms with E-state index in [1.165, 1.54) is 0 Å². The minimum atomic E-state index is 0.470. The highest BCUT2D eigenvalue weighted by Gasteiger charge is 2.07. The van der Waals surface area contributed by atoms with E-state index in [0.717, 1.165) is 17.3 Å². The lowest BCUT2D eigenvalue weighted by molar-refractivity contribution is 0.415. The third kappa shape index (κ3) is 2.51. The molecular formula is C13H16N4O. The molecule has 2 aromatic rings. The number of ether oxygens (including phenoxy) is 1. The third-order valence-electron chi connectivity index (χ3n) is 2.65. The van der Waals surface area contributed by atoms with Crippen molar-refractivity contribution < 1.29 is 4.74 Å². The van der Waals surface area contributed by atoms with Gasteiger partial charge >= 0.3 is 0 Å². The summed E-state index contributed by atoms with van der Waals surface area (Å²) in [6.45, 7) is 1.82. The average Bonchev–Trinajstić information content (AvgIpc) is 2.37. The number of hydrogen-bond donors (Lipinski definition) is 1. The number of nitrogens with two attached hydrogens (primary N) is 1. The Hall–Kier alpha value is -2.30. The summed E-state index contributed by atoms with van der Waals surface area (Å²) in [5.41, 5.74) is 6.73. The second-order valence-corrected chi connectivity index (χ2v) is 3.96. The molecule has 0 saturated carbocycles. The molecule has 0 amide bonds. The second kappa shape index (κ2) is 4.91. The number of nitrogen functional groups attached to an aromatic ring is 1. The predicted octanol–water partition coefficient (Wildman–Crippen LogP) is 2.14. The fourth-order valence-corrected chi connectivity index (χ4v) is 1.68. The number of methoxy groups -OCH3 is 1. The fourth-order valence-electron chi connectivity index (χ4n) is 1.68. The Morgan fingerprint density at radius 3 is 2.39 bits per heavy atom. The highest BCUT2D eigenvalue weighted by Crippen LogP contribution is 2.24. The van der Waals surface area contributed by atoms with Crippen molar-refractivity contribution in [3.63, 3.8) is 0 Å². The zero-order chi connectivity index (χ0) is 13.1. The first kappa shape index (κ1) is 12.2. The number of nitrogens with zero attached hydrogens (tertiary/aromatic N) is 3. The summed E-state index contributed by atoms with van der Waals surface area (Å²) >= 11 is 0. The van der Waals surface area contributed by atoms with Crippen molar-refractivity contribution in [3.05, 3.63) is 36.2 Å². The third-order valence-corrected chi connectivity index (χ3v) is 2.65. The monoisotopic (exact) mass is 244 g/mol. The summed E-state index contributed by atoms with van der Waals surface area (Å²) < 4.78 is 5.13. The standard InChI is InChI=1S/C13H16N4O/c1-9-15-12(14)8-13(16-9)17(2)10-4-6-11(18-3)7-5-10/h4-8H,1-3H3,(H2,14,15,16). The highest BCUT2D eigenvalue weighted by molar-refractivity contribution is 5.61.